The molecular weight excluding hydrogens is 312 g/mol. The molecule has 2 aromatic rings. The van der Waals surface area contributed by atoms with Crippen molar-refractivity contribution in [3.63, 3.8) is 0 Å². The Labute approximate surface area is 149 Å². The highest BCUT2D eigenvalue weighted by Crippen LogP contribution is 2.14. The van der Waals surface area contributed by atoms with Crippen LogP contribution in [0.2, 0.25) is 0 Å². The Morgan fingerprint density at radius 2 is 1.68 bits per heavy atom. The molecule has 0 spiro atoms. The van der Waals surface area contributed by atoms with Crippen molar-refractivity contribution in [1.29, 1.82) is 0 Å². The largest absolute Gasteiger partial charge is 0.379 e. The first kappa shape index (κ1) is 17.6. The molecule has 0 aromatic heterocycles. The Morgan fingerprint density at radius 1 is 1.04 bits per heavy atom. The Morgan fingerprint density at radius 3 is 2.36 bits per heavy atom. The molecule has 0 bridgehead atoms. The van der Waals surface area contributed by atoms with Gasteiger partial charge in [0.25, 0.3) is 5.91 Å². The predicted molar refractivity (Wildman–Crippen MR) is 99.6 cm³/mol. The van der Waals surface area contributed by atoms with Crippen LogP contribution in [-0.2, 0) is 17.8 Å². The standard InChI is InChI=1S/C21H26N2O2/c1-16-11-17(2)13-20(12-16)21(24)22-14-18-5-3-4-6-19(18)15-23-7-9-25-10-8-23/h3-6,11-13H,7-10,14-15H2,1-2H3,(H,22,24). The highest BCUT2D eigenvalue weighted by molar-refractivity contribution is 5.94. The van der Waals surface area contributed by atoms with E-state index in [9.17, 15) is 4.79 Å². The predicted octanol–water partition coefficient (Wildman–Crippen LogP) is 3.07. The van der Waals surface area contributed by atoms with Gasteiger partial charge in [0.15, 0.2) is 0 Å². The molecule has 1 amide bonds. The molecule has 3 rings (SSSR count). The minimum atomic E-state index is -0.0204. The molecule has 132 valence electrons. The topological polar surface area (TPSA) is 41.6 Å². The van der Waals surface area contributed by atoms with E-state index >= 15 is 0 Å². The average Bonchev–Trinajstić information content (AvgIpc) is 2.61. The number of ether oxygens (including phenoxy) is 1. The molecule has 0 saturated carbocycles. The number of nitrogens with zero attached hydrogens (tertiary/aromatic N) is 1. The fourth-order valence-corrected chi connectivity index (χ4v) is 3.27. The molecule has 0 unspecified atom stereocenters. The van der Waals surface area contributed by atoms with E-state index < -0.39 is 0 Å². The van der Waals surface area contributed by atoms with Crippen molar-refractivity contribution >= 4 is 5.91 Å². The lowest BCUT2D eigenvalue weighted by atomic mass is 10.1. The third-order valence-corrected chi connectivity index (χ3v) is 4.54. The molecular formula is C21H26N2O2. The van der Waals surface area contributed by atoms with Crippen LogP contribution in [0.4, 0.5) is 0 Å². The molecule has 1 heterocycles. The number of hydrogen-bond donors (Lipinski definition) is 1. The van der Waals surface area contributed by atoms with Crippen LogP contribution in [0.1, 0.15) is 32.6 Å². The second-order valence-electron chi connectivity index (χ2n) is 6.72. The van der Waals surface area contributed by atoms with E-state index in [-0.39, 0.29) is 5.91 Å². The van der Waals surface area contributed by atoms with Crippen LogP contribution in [0, 0.1) is 13.8 Å². The molecule has 1 saturated heterocycles. The quantitative estimate of drug-likeness (QED) is 0.911. The fraction of sp³-hybridized carbons (Fsp3) is 0.381. The lowest BCUT2D eigenvalue weighted by Crippen LogP contribution is -2.36. The van der Waals surface area contributed by atoms with Gasteiger partial charge in [-0.1, -0.05) is 41.5 Å². The van der Waals surface area contributed by atoms with Gasteiger partial charge in [-0.15, -0.1) is 0 Å². The maximum Gasteiger partial charge on any atom is 0.251 e. The summed E-state index contributed by atoms with van der Waals surface area (Å²) >= 11 is 0. The number of nitrogens with one attached hydrogen (secondary N) is 1. The number of morpholine rings is 1. The van der Waals surface area contributed by atoms with Gasteiger partial charge in [0.1, 0.15) is 0 Å². The molecule has 0 radical (unpaired) electrons. The van der Waals surface area contributed by atoms with Gasteiger partial charge in [-0.2, -0.15) is 0 Å². The average molecular weight is 338 g/mol. The SMILES string of the molecule is Cc1cc(C)cc(C(=O)NCc2ccccc2CN2CCOCC2)c1. The van der Waals surface area contributed by atoms with Crippen LogP contribution in [0.5, 0.6) is 0 Å². The third-order valence-electron chi connectivity index (χ3n) is 4.54. The third kappa shape index (κ3) is 4.91. The van der Waals surface area contributed by atoms with E-state index in [4.69, 9.17) is 4.74 Å². The molecule has 4 heteroatoms. The van der Waals surface area contributed by atoms with Gasteiger partial charge < -0.3 is 10.1 Å². The summed E-state index contributed by atoms with van der Waals surface area (Å²) in [6, 6.07) is 14.3. The van der Waals surface area contributed by atoms with Gasteiger partial charge in [0.05, 0.1) is 13.2 Å². The van der Waals surface area contributed by atoms with Crippen LogP contribution >= 0.6 is 0 Å². The van der Waals surface area contributed by atoms with Gasteiger partial charge in [-0.25, -0.2) is 0 Å². The number of carbonyl (C=O) groups excluding carboxylic acids is 1. The summed E-state index contributed by atoms with van der Waals surface area (Å²) < 4.78 is 5.42. The highest BCUT2D eigenvalue weighted by Gasteiger charge is 2.13. The molecule has 4 nitrogen and oxygen atoms in total. The molecule has 25 heavy (non-hydrogen) atoms. The normalized spacial score (nSPS) is 15.1. The second kappa shape index (κ2) is 8.28. The summed E-state index contributed by atoms with van der Waals surface area (Å²) in [5, 5.41) is 3.07. The zero-order valence-corrected chi connectivity index (χ0v) is 15.0. The summed E-state index contributed by atoms with van der Waals surface area (Å²) in [6.45, 7) is 9.00. The smallest absolute Gasteiger partial charge is 0.251 e. The van der Waals surface area contributed by atoms with Gasteiger partial charge >= 0.3 is 0 Å². The Kier molecular flexibility index (Phi) is 5.84. The van der Waals surface area contributed by atoms with Gasteiger partial charge in [0.2, 0.25) is 0 Å². The van der Waals surface area contributed by atoms with E-state index in [0.717, 1.165) is 49.5 Å². The Hall–Kier alpha value is -2.17. The van der Waals surface area contributed by atoms with Crippen LogP contribution in [-0.4, -0.2) is 37.1 Å². The van der Waals surface area contributed by atoms with Crippen molar-refractivity contribution in [1.82, 2.24) is 10.2 Å². The number of amides is 1. The molecule has 1 aliphatic rings. The fourth-order valence-electron chi connectivity index (χ4n) is 3.27. The van der Waals surface area contributed by atoms with Gasteiger partial charge in [-0.05, 0) is 37.1 Å². The van der Waals surface area contributed by atoms with Crippen molar-refractivity contribution in [3.05, 3.63) is 70.3 Å². The van der Waals surface area contributed by atoms with E-state index in [0.29, 0.717) is 6.54 Å². The van der Waals surface area contributed by atoms with Crippen LogP contribution in [0.3, 0.4) is 0 Å². The molecule has 0 atom stereocenters. The van der Waals surface area contributed by atoms with Crippen molar-refractivity contribution in [3.8, 4) is 0 Å². The summed E-state index contributed by atoms with van der Waals surface area (Å²) in [5.41, 5.74) is 5.38. The maximum atomic E-state index is 12.5. The van der Waals surface area contributed by atoms with Crippen LogP contribution in [0.25, 0.3) is 0 Å². The first-order valence-corrected chi connectivity index (χ1v) is 8.85. The summed E-state index contributed by atoms with van der Waals surface area (Å²) in [7, 11) is 0. The van der Waals surface area contributed by atoms with Gasteiger partial charge in [0, 0.05) is 31.7 Å². The summed E-state index contributed by atoms with van der Waals surface area (Å²) in [5.74, 6) is -0.0204. The zero-order valence-electron chi connectivity index (χ0n) is 15.0. The van der Waals surface area contributed by atoms with Crippen molar-refractivity contribution in [2.75, 3.05) is 26.3 Å². The first-order valence-electron chi connectivity index (χ1n) is 8.85. The molecule has 0 aliphatic carbocycles. The van der Waals surface area contributed by atoms with Crippen molar-refractivity contribution < 1.29 is 9.53 Å². The van der Waals surface area contributed by atoms with Crippen LogP contribution < -0.4 is 5.32 Å². The van der Waals surface area contributed by atoms with E-state index in [1.54, 1.807) is 0 Å². The zero-order chi connectivity index (χ0) is 17.6. The van der Waals surface area contributed by atoms with Gasteiger partial charge in [-0.3, -0.25) is 9.69 Å². The monoisotopic (exact) mass is 338 g/mol. The summed E-state index contributed by atoms with van der Waals surface area (Å²) in [4.78, 5) is 14.9. The Balaban J connectivity index is 1.65. The lowest BCUT2D eigenvalue weighted by molar-refractivity contribution is 0.0340. The number of aryl methyl sites for hydroxylation is 2. The molecule has 2 aromatic carbocycles. The number of hydrogen-bond acceptors (Lipinski definition) is 3. The van der Waals surface area contributed by atoms with Crippen molar-refractivity contribution in [2.45, 2.75) is 26.9 Å². The number of rotatable bonds is 5. The van der Waals surface area contributed by atoms with E-state index in [2.05, 4.69) is 34.5 Å². The van der Waals surface area contributed by atoms with E-state index in [1.807, 2.05) is 32.0 Å². The lowest BCUT2D eigenvalue weighted by Gasteiger charge is -2.27. The first-order chi connectivity index (χ1) is 12.1. The number of benzene rings is 2. The minimum absolute atomic E-state index is 0.0204. The second-order valence-corrected chi connectivity index (χ2v) is 6.72. The number of carbonyl (C=O) groups is 1. The van der Waals surface area contributed by atoms with E-state index in [1.165, 1.54) is 11.1 Å². The summed E-state index contributed by atoms with van der Waals surface area (Å²) in [6.07, 6.45) is 0. The molecule has 1 fully saturated rings. The maximum absolute atomic E-state index is 12.5. The Bertz CT molecular complexity index is 716. The molecule has 1 aliphatic heterocycles. The van der Waals surface area contributed by atoms with Crippen LogP contribution in [0.15, 0.2) is 42.5 Å². The molecule has 1 N–H and O–H groups in total. The van der Waals surface area contributed by atoms with Crippen molar-refractivity contribution in [2.24, 2.45) is 0 Å². The highest BCUT2D eigenvalue weighted by atomic mass is 16.5. The minimum Gasteiger partial charge on any atom is -0.379 e.